The summed E-state index contributed by atoms with van der Waals surface area (Å²) in [5, 5.41) is 6.76. The Balaban J connectivity index is 1.59. The van der Waals surface area contributed by atoms with Crippen molar-refractivity contribution in [3.63, 3.8) is 0 Å². The first-order valence-corrected chi connectivity index (χ1v) is 11.7. The standard InChI is InChI=1S/C29H25F3N2O2/c1-28(2)15-23-25(24(35)16-28)26(17-8-11-20(12-9-17)29(30,31)32)34-21-13-10-19(14-22(21)33-23)27(36)18-6-4-3-5-7-18/h3-14,26,33-34H,15-16H2,1-2H3. The summed E-state index contributed by atoms with van der Waals surface area (Å²) < 4.78 is 39.4. The number of rotatable bonds is 3. The lowest BCUT2D eigenvalue weighted by Crippen LogP contribution is -2.31. The smallest absolute Gasteiger partial charge is 0.372 e. The van der Waals surface area contributed by atoms with Crippen LogP contribution in [0.3, 0.4) is 0 Å². The average molecular weight is 491 g/mol. The van der Waals surface area contributed by atoms with Crippen LogP contribution in [-0.4, -0.2) is 11.6 Å². The molecule has 36 heavy (non-hydrogen) atoms. The van der Waals surface area contributed by atoms with Gasteiger partial charge in [0.15, 0.2) is 11.6 Å². The number of hydrogen-bond acceptors (Lipinski definition) is 4. The minimum absolute atomic E-state index is 0.0560. The van der Waals surface area contributed by atoms with Gasteiger partial charge in [0.2, 0.25) is 0 Å². The molecule has 2 N–H and O–H groups in total. The molecule has 1 atom stereocenters. The molecule has 0 saturated heterocycles. The molecule has 7 heteroatoms. The molecule has 2 aliphatic rings. The molecule has 0 fully saturated rings. The van der Waals surface area contributed by atoms with Gasteiger partial charge in [-0.25, -0.2) is 0 Å². The fourth-order valence-corrected chi connectivity index (χ4v) is 4.96. The Bertz CT molecular complexity index is 1370. The van der Waals surface area contributed by atoms with Crippen LogP contribution in [0.5, 0.6) is 0 Å². The maximum atomic E-state index is 13.3. The highest BCUT2D eigenvalue weighted by atomic mass is 19.4. The van der Waals surface area contributed by atoms with Gasteiger partial charge in [0.25, 0.3) is 0 Å². The largest absolute Gasteiger partial charge is 0.416 e. The van der Waals surface area contributed by atoms with Crippen molar-refractivity contribution >= 4 is 22.9 Å². The number of benzene rings is 3. The van der Waals surface area contributed by atoms with Crippen molar-refractivity contribution in [2.45, 2.75) is 38.9 Å². The summed E-state index contributed by atoms with van der Waals surface area (Å²) in [7, 11) is 0. The van der Waals surface area contributed by atoms with Gasteiger partial charge in [-0.2, -0.15) is 13.2 Å². The molecule has 1 aliphatic carbocycles. The summed E-state index contributed by atoms with van der Waals surface area (Å²) in [5.41, 5.74) is 3.12. The number of Topliss-reactive ketones (excluding diaryl/α,β-unsaturated/α-hetero) is 1. The zero-order chi connectivity index (χ0) is 25.7. The van der Waals surface area contributed by atoms with Gasteiger partial charge in [0.1, 0.15) is 0 Å². The number of carbonyl (C=O) groups excluding carboxylic acids is 2. The van der Waals surface area contributed by atoms with E-state index in [9.17, 15) is 22.8 Å². The molecule has 1 aliphatic heterocycles. The highest BCUT2D eigenvalue weighted by Gasteiger charge is 2.39. The molecule has 1 unspecified atom stereocenters. The van der Waals surface area contributed by atoms with E-state index < -0.39 is 17.8 Å². The predicted molar refractivity (Wildman–Crippen MR) is 133 cm³/mol. The van der Waals surface area contributed by atoms with E-state index in [0.29, 0.717) is 46.5 Å². The topological polar surface area (TPSA) is 58.2 Å². The van der Waals surface area contributed by atoms with E-state index >= 15 is 0 Å². The third-order valence-electron chi connectivity index (χ3n) is 6.68. The van der Waals surface area contributed by atoms with E-state index in [-0.39, 0.29) is 17.0 Å². The van der Waals surface area contributed by atoms with Crippen LogP contribution in [0.2, 0.25) is 0 Å². The molecule has 184 valence electrons. The van der Waals surface area contributed by atoms with Gasteiger partial charge in [0.05, 0.1) is 23.0 Å². The van der Waals surface area contributed by atoms with Gasteiger partial charge in [-0.1, -0.05) is 56.3 Å². The van der Waals surface area contributed by atoms with Crippen molar-refractivity contribution in [1.29, 1.82) is 0 Å². The first-order chi connectivity index (χ1) is 17.0. The quantitative estimate of drug-likeness (QED) is 0.383. The van der Waals surface area contributed by atoms with E-state index in [2.05, 4.69) is 10.6 Å². The highest BCUT2D eigenvalue weighted by molar-refractivity contribution is 6.10. The summed E-state index contributed by atoms with van der Waals surface area (Å²) in [6.45, 7) is 4.02. The zero-order valence-electron chi connectivity index (χ0n) is 19.9. The third kappa shape index (κ3) is 4.53. The van der Waals surface area contributed by atoms with Gasteiger partial charge in [0, 0.05) is 28.8 Å². The number of carbonyl (C=O) groups is 2. The van der Waals surface area contributed by atoms with Crippen LogP contribution >= 0.6 is 0 Å². The Labute approximate surface area is 207 Å². The van der Waals surface area contributed by atoms with Crippen LogP contribution in [0.4, 0.5) is 24.5 Å². The van der Waals surface area contributed by atoms with Crippen molar-refractivity contribution in [1.82, 2.24) is 0 Å². The molecule has 0 spiro atoms. The highest BCUT2D eigenvalue weighted by Crippen LogP contribution is 2.46. The van der Waals surface area contributed by atoms with Crippen LogP contribution in [0.15, 0.2) is 84.1 Å². The van der Waals surface area contributed by atoms with Crippen molar-refractivity contribution in [3.05, 3.63) is 106 Å². The lowest BCUT2D eigenvalue weighted by Gasteiger charge is -2.34. The molecule has 0 aromatic heterocycles. The van der Waals surface area contributed by atoms with Gasteiger partial charge in [-0.05, 0) is 47.7 Å². The van der Waals surface area contributed by atoms with Gasteiger partial charge in [-0.15, -0.1) is 0 Å². The maximum absolute atomic E-state index is 13.3. The lowest BCUT2D eigenvalue weighted by molar-refractivity contribution is -0.137. The summed E-state index contributed by atoms with van der Waals surface area (Å²) in [4.78, 5) is 26.4. The molecule has 5 rings (SSSR count). The molecule has 1 heterocycles. The Morgan fingerprint density at radius 3 is 2.25 bits per heavy atom. The molecule has 0 saturated carbocycles. The van der Waals surface area contributed by atoms with Crippen molar-refractivity contribution in [2.75, 3.05) is 10.6 Å². The van der Waals surface area contributed by atoms with E-state index in [1.54, 1.807) is 42.5 Å². The molecule has 3 aromatic rings. The first-order valence-electron chi connectivity index (χ1n) is 11.7. The van der Waals surface area contributed by atoms with Gasteiger partial charge >= 0.3 is 6.18 Å². The summed E-state index contributed by atoms with van der Waals surface area (Å²) in [6.07, 6.45) is -3.52. The molecule has 3 aromatic carbocycles. The number of hydrogen-bond donors (Lipinski definition) is 2. The fourth-order valence-electron chi connectivity index (χ4n) is 4.96. The number of anilines is 2. The van der Waals surface area contributed by atoms with Crippen LogP contribution in [0.1, 0.15) is 59.8 Å². The predicted octanol–water partition coefficient (Wildman–Crippen LogP) is 7.16. The minimum Gasteiger partial charge on any atom is -0.372 e. The van der Waals surface area contributed by atoms with E-state index in [1.165, 1.54) is 12.1 Å². The Morgan fingerprint density at radius 1 is 0.889 bits per heavy atom. The third-order valence-corrected chi connectivity index (χ3v) is 6.68. The number of allylic oxidation sites excluding steroid dienone is 1. The SMILES string of the molecule is CC1(C)CC(=O)C2=C(C1)Nc1cc(C(=O)c3ccccc3)ccc1NC2c1ccc(C(F)(F)F)cc1. The normalized spacial score (nSPS) is 18.9. The number of halogens is 3. The average Bonchev–Trinajstić information content (AvgIpc) is 2.99. The lowest BCUT2D eigenvalue weighted by atomic mass is 9.73. The zero-order valence-corrected chi connectivity index (χ0v) is 19.9. The Morgan fingerprint density at radius 2 is 1.58 bits per heavy atom. The summed E-state index contributed by atoms with van der Waals surface area (Å²) >= 11 is 0. The maximum Gasteiger partial charge on any atom is 0.416 e. The van der Waals surface area contributed by atoms with Crippen molar-refractivity contribution in [2.24, 2.45) is 5.41 Å². The van der Waals surface area contributed by atoms with Gasteiger partial charge < -0.3 is 10.6 Å². The number of fused-ring (bicyclic) bond motifs is 1. The van der Waals surface area contributed by atoms with E-state index in [1.807, 2.05) is 19.9 Å². The van der Waals surface area contributed by atoms with Crippen LogP contribution in [-0.2, 0) is 11.0 Å². The molecular weight excluding hydrogens is 465 g/mol. The molecule has 0 amide bonds. The minimum atomic E-state index is -4.44. The number of alkyl halides is 3. The number of nitrogens with one attached hydrogen (secondary N) is 2. The second kappa shape index (κ2) is 8.66. The van der Waals surface area contributed by atoms with Crippen LogP contribution < -0.4 is 10.6 Å². The second-order valence-corrected chi connectivity index (χ2v) is 10.1. The molecular formula is C29H25F3N2O2. The van der Waals surface area contributed by atoms with Crippen LogP contribution in [0.25, 0.3) is 0 Å². The van der Waals surface area contributed by atoms with Crippen LogP contribution in [0, 0.1) is 5.41 Å². The van der Waals surface area contributed by atoms with E-state index in [0.717, 1.165) is 17.8 Å². The first kappa shape index (κ1) is 23.9. The van der Waals surface area contributed by atoms with Crippen molar-refractivity contribution in [3.8, 4) is 0 Å². The fraction of sp³-hybridized carbons (Fsp3) is 0.241. The number of ketones is 2. The molecule has 0 radical (unpaired) electrons. The second-order valence-electron chi connectivity index (χ2n) is 10.1. The van der Waals surface area contributed by atoms with Gasteiger partial charge in [-0.3, -0.25) is 9.59 Å². The monoisotopic (exact) mass is 490 g/mol. The summed E-state index contributed by atoms with van der Waals surface area (Å²) in [6, 6.07) is 18.5. The molecule has 4 nitrogen and oxygen atoms in total. The molecule has 0 bridgehead atoms. The summed E-state index contributed by atoms with van der Waals surface area (Å²) in [5.74, 6) is -0.183. The Hall–Kier alpha value is -3.87. The van der Waals surface area contributed by atoms with Crippen molar-refractivity contribution < 1.29 is 22.8 Å². The Kier molecular flexibility index (Phi) is 5.74. The van der Waals surface area contributed by atoms with E-state index in [4.69, 9.17) is 0 Å².